The highest BCUT2D eigenvalue weighted by Crippen LogP contribution is 2.27. The molecule has 2 N–H and O–H groups in total. The predicted octanol–water partition coefficient (Wildman–Crippen LogP) is 1.89. The van der Waals surface area contributed by atoms with Gasteiger partial charge in [-0.3, -0.25) is 19.7 Å². The minimum atomic E-state index is -0.867. The van der Waals surface area contributed by atoms with Gasteiger partial charge >= 0.3 is 5.97 Å². The molecule has 1 aromatic rings. The number of hydrogen-bond donors (Lipinski definition) is 2. The fourth-order valence-electron chi connectivity index (χ4n) is 2.69. The summed E-state index contributed by atoms with van der Waals surface area (Å²) >= 11 is 0. The van der Waals surface area contributed by atoms with Gasteiger partial charge in [0.25, 0.3) is 11.6 Å². The average molecular weight is 292 g/mol. The SMILES string of the molecule is Cc1cccc([N+](=O)[O-])c1C(=O)NC1CCC(C(=O)O)C1. The third kappa shape index (κ3) is 3.18. The molecule has 2 unspecified atom stereocenters. The van der Waals surface area contributed by atoms with E-state index in [9.17, 15) is 19.7 Å². The minimum Gasteiger partial charge on any atom is -0.481 e. The topological polar surface area (TPSA) is 110 Å². The van der Waals surface area contributed by atoms with Crippen LogP contribution in [0.1, 0.15) is 35.2 Å². The Morgan fingerprint density at radius 3 is 2.67 bits per heavy atom. The fraction of sp³-hybridized carbons (Fsp3) is 0.429. The number of aryl methyl sites for hydroxylation is 1. The summed E-state index contributed by atoms with van der Waals surface area (Å²) in [5.41, 5.74) is 0.330. The molecule has 1 aliphatic rings. The molecule has 2 atom stereocenters. The van der Waals surface area contributed by atoms with Crippen LogP contribution in [0, 0.1) is 23.0 Å². The lowest BCUT2D eigenvalue weighted by atomic mass is 10.0. The average Bonchev–Trinajstić information content (AvgIpc) is 2.86. The zero-order valence-electron chi connectivity index (χ0n) is 11.5. The first-order valence-electron chi connectivity index (χ1n) is 6.67. The maximum atomic E-state index is 12.3. The van der Waals surface area contributed by atoms with E-state index in [4.69, 9.17) is 5.11 Å². The number of hydrogen-bond acceptors (Lipinski definition) is 4. The monoisotopic (exact) mass is 292 g/mol. The van der Waals surface area contributed by atoms with E-state index in [0.717, 1.165) is 0 Å². The van der Waals surface area contributed by atoms with Crippen LogP contribution in [0.2, 0.25) is 0 Å². The van der Waals surface area contributed by atoms with Gasteiger partial charge in [-0.2, -0.15) is 0 Å². The van der Waals surface area contributed by atoms with Crippen molar-refractivity contribution in [1.82, 2.24) is 5.32 Å². The minimum absolute atomic E-state index is 0.0428. The Morgan fingerprint density at radius 1 is 1.38 bits per heavy atom. The Balaban J connectivity index is 2.15. The van der Waals surface area contributed by atoms with E-state index < -0.39 is 22.7 Å². The first-order valence-corrected chi connectivity index (χ1v) is 6.67. The number of nitro benzene ring substituents is 1. The summed E-state index contributed by atoms with van der Waals surface area (Å²) in [5.74, 6) is -1.84. The van der Waals surface area contributed by atoms with Crippen molar-refractivity contribution in [3.8, 4) is 0 Å². The van der Waals surface area contributed by atoms with Crippen LogP contribution in [0.15, 0.2) is 18.2 Å². The quantitative estimate of drug-likeness (QED) is 0.650. The molecule has 0 radical (unpaired) electrons. The van der Waals surface area contributed by atoms with Gasteiger partial charge in [0.2, 0.25) is 0 Å². The third-order valence-electron chi connectivity index (χ3n) is 3.79. The van der Waals surface area contributed by atoms with Crippen LogP contribution in [-0.2, 0) is 4.79 Å². The lowest BCUT2D eigenvalue weighted by molar-refractivity contribution is -0.385. The lowest BCUT2D eigenvalue weighted by Gasteiger charge is -2.13. The molecule has 1 amide bonds. The van der Waals surface area contributed by atoms with Crippen LogP contribution in [0.4, 0.5) is 5.69 Å². The summed E-state index contributed by atoms with van der Waals surface area (Å²) in [6, 6.07) is 4.20. The van der Waals surface area contributed by atoms with Crippen molar-refractivity contribution < 1.29 is 19.6 Å². The van der Waals surface area contributed by atoms with Gasteiger partial charge in [-0.25, -0.2) is 0 Å². The number of nitrogens with one attached hydrogen (secondary N) is 1. The van der Waals surface area contributed by atoms with Crippen LogP contribution in [0.3, 0.4) is 0 Å². The highest BCUT2D eigenvalue weighted by atomic mass is 16.6. The molecule has 0 spiro atoms. The van der Waals surface area contributed by atoms with Crippen LogP contribution in [-0.4, -0.2) is 27.9 Å². The number of carboxylic acids is 1. The smallest absolute Gasteiger partial charge is 0.306 e. The zero-order valence-corrected chi connectivity index (χ0v) is 11.5. The molecule has 112 valence electrons. The predicted molar refractivity (Wildman–Crippen MR) is 74.1 cm³/mol. The Hall–Kier alpha value is -2.44. The molecular formula is C14H16N2O5. The van der Waals surface area contributed by atoms with Crippen molar-refractivity contribution in [3.63, 3.8) is 0 Å². The van der Waals surface area contributed by atoms with E-state index in [-0.39, 0.29) is 17.3 Å². The van der Waals surface area contributed by atoms with Crippen molar-refractivity contribution in [2.75, 3.05) is 0 Å². The number of carboxylic acid groups (broad SMARTS) is 1. The van der Waals surface area contributed by atoms with Crippen molar-refractivity contribution >= 4 is 17.6 Å². The highest BCUT2D eigenvalue weighted by Gasteiger charge is 2.32. The Morgan fingerprint density at radius 2 is 2.10 bits per heavy atom. The molecule has 0 heterocycles. The summed E-state index contributed by atoms with van der Waals surface area (Å²) in [7, 11) is 0. The van der Waals surface area contributed by atoms with Crippen molar-refractivity contribution in [1.29, 1.82) is 0 Å². The maximum absolute atomic E-state index is 12.3. The first kappa shape index (κ1) is 15.0. The number of carbonyl (C=O) groups is 2. The molecule has 21 heavy (non-hydrogen) atoms. The summed E-state index contributed by atoms with van der Waals surface area (Å²) in [4.78, 5) is 33.6. The zero-order chi connectivity index (χ0) is 15.6. The van der Waals surface area contributed by atoms with E-state index in [2.05, 4.69) is 5.32 Å². The van der Waals surface area contributed by atoms with E-state index >= 15 is 0 Å². The summed E-state index contributed by atoms with van der Waals surface area (Å²) in [6.45, 7) is 1.64. The maximum Gasteiger partial charge on any atom is 0.306 e. The third-order valence-corrected chi connectivity index (χ3v) is 3.79. The number of rotatable bonds is 4. The summed E-state index contributed by atoms with van der Waals surface area (Å²) < 4.78 is 0. The molecule has 0 aromatic heterocycles. The van der Waals surface area contributed by atoms with Gasteiger partial charge in [0.1, 0.15) is 5.56 Å². The van der Waals surface area contributed by atoms with Gasteiger partial charge in [0.15, 0.2) is 0 Å². The van der Waals surface area contributed by atoms with Crippen LogP contribution < -0.4 is 5.32 Å². The van der Waals surface area contributed by atoms with Crippen molar-refractivity contribution in [2.24, 2.45) is 5.92 Å². The second-order valence-corrected chi connectivity index (χ2v) is 5.24. The second-order valence-electron chi connectivity index (χ2n) is 5.24. The van der Waals surface area contributed by atoms with E-state index in [1.165, 1.54) is 12.1 Å². The molecule has 1 aromatic carbocycles. The fourth-order valence-corrected chi connectivity index (χ4v) is 2.69. The molecule has 0 bridgehead atoms. The van der Waals surface area contributed by atoms with Gasteiger partial charge in [-0.1, -0.05) is 12.1 Å². The largest absolute Gasteiger partial charge is 0.481 e. The van der Waals surface area contributed by atoms with Crippen molar-refractivity contribution in [2.45, 2.75) is 32.2 Å². The lowest BCUT2D eigenvalue weighted by Crippen LogP contribution is -2.34. The van der Waals surface area contributed by atoms with Gasteiger partial charge in [0, 0.05) is 12.1 Å². The number of nitro groups is 1. The molecule has 1 fully saturated rings. The van der Waals surface area contributed by atoms with Crippen LogP contribution >= 0.6 is 0 Å². The molecule has 0 aliphatic heterocycles. The summed E-state index contributed by atoms with van der Waals surface area (Å²) in [5, 5.41) is 22.7. The Labute approximate surface area is 121 Å². The van der Waals surface area contributed by atoms with Crippen molar-refractivity contribution in [3.05, 3.63) is 39.4 Å². The number of benzene rings is 1. The van der Waals surface area contributed by atoms with Gasteiger partial charge in [-0.15, -0.1) is 0 Å². The molecule has 2 rings (SSSR count). The standard InChI is InChI=1S/C14H16N2O5/c1-8-3-2-4-11(16(20)21)12(8)13(17)15-10-6-5-9(7-10)14(18)19/h2-4,9-10H,5-7H2,1H3,(H,15,17)(H,18,19). The van der Waals surface area contributed by atoms with E-state index in [0.29, 0.717) is 24.8 Å². The molecular weight excluding hydrogens is 276 g/mol. The number of amides is 1. The van der Waals surface area contributed by atoms with Crippen LogP contribution in [0.5, 0.6) is 0 Å². The first-order chi connectivity index (χ1) is 9.90. The van der Waals surface area contributed by atoms with E-state index in [1.54, 1.807) is 13.0 Å². The molecule has 1 saturated carbocycles. The Kier molecular flexibility index (Phi) is 4.21. The van der Waals surface area contributed by atoms with Gasteiger partial charge < -0.3 is 10.4 Å². The number of carbonyl (C=O) groups excluding carboxylic acids is 1. The van der Waals surface area contributed by atoms with Gasteiger partial charge in [-0.05, 0) is 31.7 Å². The van der Waals surface area contributed by atoms with Crippen LogP contribution in [0.25, 0.3) is 0 Å². The number of nitrogens with zero attached hydrogens (tertiary/aromatic N) is 1. The molecule has 7 heteroatoms. The normalized spacial score (nSPS) is 21.0. The Bertz CT molecular complexity index is 599. The number of aliphatic carboxylic acids is 1. The highest BCUT2D eigenvalue weighted by molar-refractivity contribution is 5.99. The molecule has 1 aliphatic carbocycles. The molecule has 7 nitrogen and oxygen atoms in total. The molecule has 0 saturated heterocycles. The van der Waals surface area contributed by atoms with Gasteiger partial charge in [0.05, 0.1) is 10.8 Å². The van der Waals surface area contributed by atoms with E-state index in [1.807, 2.05) is 0 Å². The second kappa shape index (κ2) is 5.90. The summed E-state index contributed by atoms with van der Waals surface area (Å²) in [6.07, 6.45) is 1.44.